The van der Waals surface area contributed by atoms with Gasteiger partial charge in [-0.05, 0) is 273 Å². The maximum atomic E-state index is 6.63. The average Bonchev–Trinajstić information content (AvgIpc) is 0.788. The molecule has 0 unspecified atom stereocenters. The van der Waals surface area contributed by atoms with E-state index in [2.05, 4.69) is 388 Å². The molecule has 0 saturated carbocycles. The number of thioether (sulfide) groups is 1. The van der Waals surface area contributed by atoms with Gasteiger partial charge in [0, 0.05) is 103 Å². The molecule has 0 spiro atoms. The molecular formula is C100H103N5O2S. The summed E-state index contributed by atoms with van der Waals surface area (Å²) in [6.45, 7) is 16.8. The molecule has 0 radical (unpaired) electrons. The standard InChI is InChI=1S/C100H103N5O2S/c1-8-13-31-77-64-78(32-14-9-2)66-96(65-77)104(90-42-27-35-82(69-90)81-34-26-41-89(68-81)103(88-40-24-30-76(7)63-88)87-56-58-100(59-57-87)108-62-17-12-5)86-54-50-79(51-55-86)80-33-25-43-91(67-80)105(97-72-98(106-60-15-10-3)74-99(73-97)107-61-16-11-4)95-47-29-46-94(71-95)102(84-38-22-19-23-39-84)93-45-28-44-92(70-93)101(83-36-20-18-21-37-83)85-52-48-75(6)49-53-85/h18-30,33-59,63-74H,8-17,31-32,60-62H2,1-7H3. The summed E-state index contributed by atoms with van der Waals surface area (Å²) in [7, 11) is 0. The molecule has 13 rings (SSSR count). The van der Waals surface area contributed by atoms with E-state index in [0.29, 0.717) is 13.2 Å². The summed E-state index contributed by atoms with van der Waals surface area (Å²) < 4.78 is 13.3. The Kier molecular flexibility index (Phi) is 26.0. The van der Waals surface area contributed by atoms with Crippen LogP contribution in [0, 0.1) is 13.8 Å². The quantitative estimate of drug-likeness (QED) is 0.0287. The number of ether oxygens (including phenoxy) is 2. The number of benzene rings is 13. The van der Waals surface area contributed by atoms with Crippen molar-refractivity contribution in [3.05, 3.63) is 338 Å². The van der Waals surface area contributed by atoms with Gasteiger partial charge in [0.1, 0.15) is 11.5 Å². The Hall–Kier alpha value is -11.2. The van der Waals surface area contributed by atoms with Crippen LogP contribution in [0.1, 0.15) is 121 Å². The minimum absolute atomic E-state index is 0.607. The van der Waals surface area contributed by atoms with E-state index in [-0.39, 0.29) is 0 Å². The lowest BCUT2D eigenvalue weighted by molar-refractivity contribution is 0.294. The van der Waals surface area contributed by atoms with E-state index in [4.69, 9.17) is 9.47 Å². The highest BCUT2D eigenvalue weighted by Gasteiger charge is 2.24. The third kappa shape index (κ3) is 19.0. The molecule has 13 aromatic rings. The lowest BCUT2D eigenvalue weighted by Gasteiger charge is -2.31. The van der Waals surface area contributed by atoms with Crippen molar-refractivity contribution in [1.29, 1.82) is 0 Å². The predicted molar refractivity (Wildman–Crippen MR) is 464 cm³/mol. The second-order valence-corrected chi connectivity index (χ2v) is 29.4. The molecule has 0 fully saturated rings. The molecule has 0 aromatic heterocycles. The summed E-state index contributed by atoms with van der Waals surface area (Å²) >= 11 is 1.94. The first-order valence-corrected chi connectivity index (χ1v) is 40.2. The molecule has 0 N–H and O–H groups in total. The first-order chi connectivity index (χ1) is 53.1. The second-order valence-electron chi connectivity index (χ2n) is 28.2. The number of hydrogen-bond donors (Lipinski definition) is 0. The maximum absolute atomic E-state index is 6.63. The third-order valence-corrected chi connectivity index (χ3v) is 20.9. The minimum Gasteiger partial charge on any atom is -0.493 e. The van der Waals surface area contributed by atoms with E-state index in [1.165, 1.54) is 45.7 Å². The van der Waals surface area contributed by atoms with E-state index in [0.717, 1.165) is 183 Å². The van der Waals surface area contributed by atoms with Gasteiger partial charge >= 0.3 is 0 Å². The Balaban J connectivity index is 0.903. The van der Waals surface area contributed by atoms with Crippen LogP contribution in [0.4, 0.5) is 85.3 Å². The van der Waals surface area contributed by atoms with Crippen LogP contribution >= 0.6 is 11.8 Å². The molecule has 0 bridgehead atoms. The molecule has 0 aliphatic heterocycles. The molecule has 0 heterocycles. The smallest absolute Gasteiger partial charge is 0.125 e. The highest BCUT2D eigenvalue weighted by atomic mass is 32.2. The van der Waals surface area contributed by atoms with Crippen LogP contribution in [0.5, 0.6) is 11.5 Å². The predicted octanol–water partition coefficient (Wildman–Crippen LogP) is 29.9. The third-order valence-electron chi connectivity index (χ3n) is 19.8. The summed E-state index contributed by atoms with van der Waals surface area (Å²) in [5, 5.41) is 0. The molecule has 0 amide bonds. The Bertz CT molecular complexity index is 4950. The fourth-order valence-electron chi connectivity index (χ4n) is 14.1. The van der Waals surface area contributed by atoms with E-state index >= 15 is 0 Å². The second kappa shape index (κ2) is 37.4. The maximum Gasteiger partial charge on any atom is 0.125 e. The fourth-order valence-corrected chi connectivity index (χ4v) is 15.1. The van der Waals surface area contributed by atoms with E-state index in [9.17, 15) is 0 Å². The Morgan fingerprint density at radius 2 is 0.583 bits per heavy atom. The van der Waals surface area contributed by atoms with Gasteiger partial charge in [-0.3, -0.25) is 0 Å². The van der Waals surface area contributed by atoms with Gasteiger partial charge < -0.3 is 34.0 Å². The molecule has 546 valence electrons. The van der Waals surface area contributed by atoms with Gasteiger partial charge in [0.05, 0.1) is 18.9 Å². The van der Waals surface area contributed by atoms with Crippen molar-refractivity contribution in [2.45, 2.75) is 130 Å². The van der Waals surface area contributed by atoms with Gasteiger partial charge in [-0.25, -0.2) is 0 Å². The van der Waals surface area contributed by atoms with Crippen molar-refractivity contribution in [3.63, 3.8) is 0 Å². The number of aryl methyl sites for hydroxylation is 4. The first-order valence-electron chi connectivity index (χ1n) is 39.3. The lowest BCUT2D eigenvalue weighted by Crippen LogP contribution is -2.14. The molecule has 0 atom stereocenters. The zero-order valence-corrected chi connectivity index (χ0v) is 64.9. The Labute approximate surface area is 647 Å². The number of anilines is 15. The van der Waals surface area contributed by atoms with Crippen LogP contribution in [0.25, 0.3) is 22.3 Å². The normalized spacial score (nSPS) is 11.1. The fraction of sp³-hybridized carbons (Fsp3) is 0.220. The Morgan fingerprint density at radius 3 is 1.03 bits per heavy atom. The van der Waals surface area contributed by atoms with Gasteiger partial charge in [-0.2, -0.15) is 0 Å². The average molecular weight is 1440 g/mol. The van der Waals surface area contributed by atoms with Gasteiger partial charge in [0.15, 0.2) is 0 Å². The summed E-state index contributed by atoms with van der Waals surface area (Å²) in [5.41, 5.74) is 25.6. The van der Waals surface area contributed by atoms with Crippen molar-refractivity contribution in [2.24, 2.45) is 0 Å². The SMILES string of the molecule is CCCCOc1cc(OCCCC)cc(N(c2cccc(-c3ccc(N(c4cc(CCCC)cc(CCCC)c4)c4cccc(-c5cccc(N(c6ccc(SCCCC)cc6)c6cccc(C)c6)c5)c4)cc3)c2)c2cccc(N(c3ccccc3)c3cccc(N(c4ccccc4)c4ccc(C)cc4)c3)c2)c1. The molecule has 13 aromatic carbocycles. The van der Waals surface area contributed by atoms with Gasteiger partial charge in [0.25, 0.3) is 0 Å². The molecule has 0 aliphatic carbocycles. The van der Waals surface area contributed by atoms with Crippen molar-refractivity contribution < 1.29 is 9.47 Å². The monoisotopic (exact) mass is 1440 g/mol. The Morgan fingerprint density at radius 1 is 0.241 bits per heavy atom. The van der Waals surface area contributed by atoms with E-state index < -0.39 is 0 Å². The van der Waals surface area contributed by atoms with Crippen molar-refractivity contribution in [3.8, 4) is 33.8 Å². The number of para-hydroxylation sites is 2. The number of hydrogen-bond acceptors (Lipinski definition) is 8. The van der Waals surface area contributed by atoms with Gasteiger partial charge in [-0.15, -0.1) is 11.8 Å². The van der Waals surface area contributed by atoms with E-state index in [1.54, 1.807) is 0 Å². The highest BCUT2D eigenvalue weighted by molar-refractivity contribution is 7.99. The van der Waals surface area contributed by atoms with Gasteiger partial charge in [0.2, 0.25) is 0 Å². The van der Waals surface area contributed by atoms with Crippen LogP contribution in [-0.2, 0) is 12.8 Å². The number of unbranched alkanes of at least 4 members (excludes halogenated alkanes) is 5. The summed E-state index contributed by atoms with van der Waals surface area (Å²) in [6.07, 6.45) is 13.0. The summed E-state index contributed by atoms with van der Waals surface area (Å²) in [6, 6.07) is 116. The lowest BCUT2D eigenvalue weighted by atomic mass is 9.99. The summed E-state index contributed by atoms with van der Waals surface area (Å²) in [5.74, 6) is 2.67. The van der Waals surface area contributed by atoms with Crippen LogP contribution in [0.15, 0.2) is 320 Å². The van der Waals surface area contributed by atoms with Crippen LogP contribution in [0.2, 0.25) is 0 Å². The van der Waals surface area contributed by atoms with E-state index in [1.807, 2.05) is 11.8 Å². The molecular weight excluding hydrogens is 1340 g/mol. The number of rotatable bonds is 35. The van der Waals surface area contributed by atoms with Crippen molar-refractivity contribution >= 4 is 97.1 Å². The highest BCUT2D eigenvalue weighted by Crippen LogP contribution is 2.47. The molecule has 7 nitrogen and oxygen atoms in total. The van der Waals surface area contributed by atoms with Crippen LogP contribution in [0.3, 0.4) is 0 Å². The zero-order valence-electron chi connectivity index (χ0n) is 64.1. The van der Waals surface area contributed by atoms with Crippen molar-refractivity contribution in [1.82, 2.24) is 0 Å². The van der Waals surface area contributed by atoms with Crippen LogP contribution < -0.4 is 34.0 Å². The van der Waals surface area contributed by atoms with Crippen LogP contribution in [-0.4, -0.2) is 19.0 Å². The molecule has 8 heteroatoms. The van der Waals surface area contributed by atoms with Crippen molar-refractivity contribution in [2.75, 3.05) is 43.5 Å². The minimum atomic E-state index is 0.607. The first kappa shape index (κ1) is 75.1. The zero-order chi connectivity index (χ0) is 74.4. The number of nitrogens with zero attached hydrogens (tertiary/aromatic N) is 5. The summed E-state index contributed by atoms with van der Waals surface area (Å²) in [4.78, 5) is 13.3. The largest absolute Gasteiger partial charge is 0.493 e. The van der Waals surface area contributed by atoms with Gasteiger partial charge in [-0.1, -0.05) is 200 Å². The molecule has 0 aliphatic rings. The molecule has 0 saturated heterocycles. The molecule has 108 heavy (non-hydrogen) atoms. The topological polar surface area (TPSA) is 34.7 Å².